The number of piperidine rings is 1. The number of phenols is 1. The molecule has 0 saturated carbocycles. The Morgan fingerprint density at radius 2 is 2.22 bits per heavy atom. The molecule has 0 radical (unpaired) electrons. The summed E-state index contributed by atoms with van der Waals surface area (Å²) in [5, 5.41) is 9.65. The molecule has 1 aliphatic rings. The van der Waals surface area contributed by atoms with E-state index in [4.69, 9.17) is 5.73 Å². The number of carbonyl (C=O) groups excluding carboxylic acids is 1. The zero-order valence-corrected chi connectivity index (χ0v) is 10.9. The van der Waals surface area contributed by atoms with Crippen molar-refractivity contribution in [2.75, 3.05) is 13.1 Å². The highest BCUT2D eigenvalue weighted by atomic mass is 16.3. The third-order valence-electron chi connectivity index (χ3n) is 3.79. The predicted octanol–water partition coefficient (Wildman–Crippen LogP) is 1.51. The molecular weight excluding hydrogens is 228 g/mol. The number of amides is 1. The number of aromatic hydroxyl groups is 1. The molecule has 2 atom stereocenters. The maximum atomic E-state index is 12.4. The summed E-state index contributed by atoms with van der Waals surface area (Å²) in [6.45, 7) is 5.22. The first-order valence-electron chi connectivity index (χ1n) is 6.34. The van der Waals surface area contributed by atoms with Crippen LogP contribution in [0.5, 0.6) is 5.75 Å². The third-order valence-corrected chi connectivity index (χ3v) is 3.79. The maximum Gasteiger partial charge on any atom is 0.254 e. The van der Waals surface area contributed by atoms with E-state index in [0.717, 1.165) is 6.42 Å². The fourth-order valence-electron chi connectivity index (χ4n) is 2.37. The highest BCUT2D eigenvalue weighted by Gasteiger charge is 2.27. The Hall–Kier alpha value is -1.55. The Morgan fingerprint density at radius 3 is 2.89 bits per heavy atom. The normalized spacial score (nSPS) is 24.1. The van der Waals surface area contributed by atoms with Crippen LogP contribution in [-0.4, -0.2) is 35.0 Å². The predicted molar refractivity (Wildman–Crippen MR) is 70.5 cm³/mol. The van der Waals surface area contributed by atoms with E-state index in [1.54, 1.807) is 25.1 Å². The van der Waals surface area contributed by atoms with Crippen molar-refractivity contribution >= 4 is 5.91 Å². The zero-order valence-electron chi connectivity index (χ0n) is 10.9. The summed E-state index contributed by atoms with van der Waals surface area (Å²) in [5.41, 5.74) is 7.18. The lowest BCUT2D eigenvalue weighted by Crippen LogP contribution is -2.48. The van der Waals surface area contributed by atoms with Gasteiger partial charge in [-0.2, -0.15) is 0 Å². The zero-order chi connectivity index (χ0) is 13.3. The molecule has 2 unspecified atom stereocenters. The molecule has 0 spiro atoms. The number of likely N-dealkylation sites (tertiary alicyclic amines) is 1. The summed E-state index contributed by atoms with van der Waals surface area (Å²) in [6, 6.07) is 5.24. The largest absolute Gasteiger partial charge is 0.508 e. The van der Waals surface area contributed by atoms with E-state index in [9.17, 15) is 9.90 Å². The number of phenolic OH excluding ortho intramolecular Hbond substituents is 1. The number of nitrogens with zero attached hydrogens (tertiary/aromatic N) is 1. The van der Waals surface area contributed by atoms with E-state index in [1.165, 1.54) is 0 Å². The van der Waals surface area contributed by atoms with Gasteiger partial charge in [-0.05, 0) is 31.4 Å². The summed E-state index contributed by atoms with van der Waals surface area (Å²) < 4.78 is 0. The second-order valence-electron chi connectivity index (χ2n) is 5.13. The first-order chi connectivity index (χ1) is 8.50. The second-order valence-corrected chi connectivity index (χ2v) is 5.13. The summed E-state index contributed by atoms with van der Waals surface area (Å²) in [6.07, 6.45) is 0.838. The molecule has 1 aromatic carbocycles. The van der Waals surface area contributed by atoms with Crippen LogP contribution in [-0.2, 0) is 0 Å². The monoisotopic (exact) mass is 248 g/mol. The van der Waals surface area contributed by atoms with Gasteiger partial charge in [0.2, 0.25) is 0 Å². The molecular formula is C14H20N2O2. The molecule has 98 valence electrons. The SMILES string of the molecule is Cc1c(O)cccc1C(=O)N1CCC(N)C(C)C1. The molecule has 1 heterocycles. The van der Waals surface area contributed by atoms with Gasteiger partial charge in [-0.1, -0.05) is 13.0 Å². The number of carbonyl (C=O) groups is 1. The minimum Gasteiger partial charge on any atom is -0.508 e. The van der Waals surface area contributed by atoms with Crippen molar-refractivity contribution in [2.45, 2.75) is 26.3 Å². The quantitative estimate of drug-likeness (QED) is 0.791. The van der Waals surface area contributed by atoms with Gasteiger partial charge in [-0.3, -0.25) is 4.79 Å². The lowest BCUT2D eigenvalue weighted by molar-refractivity contribution is 0.0663. The lowest BCUT2D eigenvalue weighted by Gasteiger charge is -2.35. The molecule has 0 aliphatic carbocycles. The third kappa shape index (κ3) is 2.34. The van der Waals surface area contributed by atoms with Crippen LogP contribution in [0.3, 0.4) is 0 Å². The van der Waals surface area contributed by atoms with E-state index in [0.29, 0.717) is 30.1 Å². The van der Waals surface area contributed by atoms with Gasteiger partial charge in [0.25, 0.3) is 5.91 Å². The Balaban J connectivity index is 2.19. The van der Waals surface area contributed by atoms with E-state index >= 15 is 0 Å². The van der Waals surface area contributed by atoms with Crippen molar-refractivity contribution in [3.63, 3.8) is 0 Å². The van der Waals surface area contributed by atoms with E-state index in [-0.39, 0.29) is 17.7 Å². The molecule has 0 bridgehead atoms. The smallest absolute Gasteiger partial charge is 0.254 e. The first-order valence-corrected chi connectivity index (χ1v) is 6.34. The molecule has 1 amide bonds. The van der Waals surface area contributed by atoms with Crippen molar-refractivity contribution in [3.05, 3.63) is 29.3 Å². The molecule has 18 heavy (non-hydrogen) atoms. The summed E-state index contributed by atoms with van der Waals surface area (Å²) in [7, 11) is 0. The summed E-state index contributed by atoms with van der Waals surface area (Å²) in [5.74, 6) is 0.477. The van der Waals surface area contributed by atoms with E-state index < -0.39 is 0 Å². The van der Waals surface area contributed by atoms with Crippen LogP contribution in [0.1, 0.15) is 29.3 Å². The molecule has 4 heteroatoms. The van der Waals surface area contributed by atoms with Gasteiger partial charge in [-0.25, -0.2) is 0 Å². The van der Waals surface area contributed by atoms with Gasteiger partial charge in [0.1, 0.15) is 5.75 Å². The average Bonchev–Trinajstić information content (AvgIpc) is 2.35. The Bertz CT molecular complexity index is 459. The molecule has 1 saturated heterocycles. The van der Waals surface area contributed by atoms with Crippen LogP contribution in [0.25, 0.3) is 0 Å². The minimum absolute atomic E-state index is 0.0119. The molecule has 3 N–H and O–H groups in total. The van der Waals surface area contributed by atoms with Gasteiger partial charge >= 0.3 is 0 Å². The Kier molecular flexibility index (Phi) is 3.57. The Morgan fingerprint density at radius 1 is 1.50 bits per heavy atom. The van der Waals surface area contributed by atoms with Crippen molar-refractivity contribution in [1.82, 2.24) is 4.90 Å². The molecule has 1 aliphatic heterocycles. The molecule has 0 aromatic heterocycles. The van der Waals surface area contributed by atoms with E-state index in [1.807, 2.05) is 4.90 Å². The minimum atomic E-state index is -0.0119. The highest BCUT2D eigenvalue weighted by Crippen LogP contribution is 2.23. The summed E-state index contributed by atoms with van der Waals surface area (Å²) in [4.78, 5) is 14.2. The fraction of sp³-hybridized carbons (Fsp3) is 0.500. The first kappa shape index (κ1) is 12.9. The number of rotatable bonds is 1. The van der Waals surface area contributed by atoms with Crippen LogP contribution < -0.4 is 5.73 Å². The summed E-state index contributed by atoms with van der Waals surface area (Å²) >= 11 is 0. The van der Waals surface area contributed by atoms with Crippen LogP contribution in [0, 0.1) is 12.8 Å². The number of hydrogen-bond acceptors (Lipinski definition) is 3. The maximum absolute atomic E-state index is 12.4. The highest BCUT2D eigenvalue weighted by molar-refractivity contribution is 5.96. The molecule has 4 nitrogen and oxygen atoms in total. The van der Waals surface area contributed by atoms with Gasteiger partial charge in [-0.15, -0.1) is 0 Å². The van der Waals surface area contributed by atoms with Gasteiger partial charge < -0.3 is 15.7 Å². The van der Waals surface area contributed by atoms with Crippen LogP contribution >= 0.6 is 0 Å². The van der Waals surface area contributed by atoms with Crippen molar-refractivity contribution < 1.29 is 9.90 Å². The molecule has 1 fully saturated rings. The fourth-order valence-corrected chi connectivity index (χ4v) is 2.37. The number of nitrogens with two attached hydrogens (primary N) is 1. The van der Waals surface area contributed by atoms with Crippen molar-refractivity contribution in [2.24, 2.45) is 11.7 Å². The van der Waals surface area contributed by atoms with Crippen LogP contribution in [0.4, 0.5) is 0 Å². The lowest BCUT2D eigenvalue weighted by atomic mass is 9.94. The van der Waals surface area contributed by atoms with Gasteiger partial charge in [0.15, 0.2) is 0 Å². The van der Waals surface area contributed by atoms with Crippen molar-refractivity contribution in [1.29, 1.82) is 0 Å². The van der Waals surface area contributed by atoms with Gasteiger partial charge in [0, 0.05) is 30.3 Å². The molecule has 2 rings (SSSR count). The standard InChI is InChI=1S/C14H20N2O2/c1-9-8-16(7-6-12(9)15)14(18)11-4-3-5-13(17)10(11)2/h3-5,9,12,17H,6-8,15H2,1-2H3. The Labute approximate surface area is 107 Å². The average molecular weight is 248 g/mol. The topological polar surface area (TPSA) is 66.6 Å². The second kappa shape index (κ2) is 4.98. The van der Waals surface area contributed by atoms with Crippen molar-refractivity contribution in [3.8, 4) is 5.75 Å². The number of hydrogen-bond donors (Lipinski definition) is 2. The van der Waals surface area contributed by atoms with Crippen LogP contribution in [0.2, 0.25) is 0 Å². The number of benzene rings is 1. The van der Waals surface area contributed by atoms with Gasteiger partial charge in [0.05, 0.1) is 0 Å². The van der Waals surface area contributed by atoms with Crippen LogP contribution in [0.15, 0.2) is 18.2 Å². The molecule has 1 aromatic rings. The van der Waals surface area contributed by atoms with E-state index in [2.05, 4.69) is 6.92 Å².